The van der Waals surface area contributed by atoms with Crippen LogP contribution in [0, 0.1) is 0 Å². The van der Waals surface area contributed by atoms with Crippen LogP contribution in [-0.4, -0.2) is 0 Å². The highest BCUT2D eigenvalue weighted by molar-refractivity contribution is 5.23. The summed E-state index contributed by atoms with van der Waals surface area (Å²) in [6.45, 7) is 0. The molecule has 0 aromatic heterocycles. The van der Waals surface area contributed by atoms with Crippen molar-refractivity contribution in [3.8, 4) is 0 Å². The van der Waals surface area contributed by atoms with Crippen LogP contribution in [0.25, 0.3) is 0 Å². The van der Waals surface area contributed by atoms with E-state index in [1.54, 1.807) is 11.1 Å². The van der Waals surface area contributed by atoms with Crippen LogP contribution in [0.4, 0.5) is 0 Å². The van der Waals surface area contributed by atoms with Gasteiger partial charge in [0.15, 0.2) is 0 Å². The minimum absolute atomic E-state index is 1.29. The molecule has 1 aliphatic carbocycles. The van der Waals surface area contributed by atoms with Crippen LogP contribution < -0.4 is 0 Å². The molecule has 2 bridgehead atoms. The molecule has 1 aromatic carbocycles. The first-order valence-corrected chi connectivity index (χ1v) is 8.53. The lowest BCUT2D eigenvalue weighted by Crippen LogP contribution is -1.92. The van der Waals surface area contributed by atoms with E-state index in [0.717, 1.165) is 0 Å². The number of fused-ring (bicyclic) bond motifs is 2. The lowest BCUT2D eigenvalue weighted by molar-refractivity contribution is 0.544. The van der Waals surface area contributed by atoms with E-state index in [-0.39, 0.29) is 0 Å². The fourth-order valence-electron chi connectivity index (χ4n) is 3.19. The Morgan fingerprint density at radius 2 is 0.842 bits per heavy atom. The van der Waals surface area contributed by atoms with E-state index >= 15 is 0 Å². The number of rotatable bonds is 0. The predicted octanol–water partition coefficient (Wildman–Crippen LogP) is 6.08. The molecule has 0 saturated heterocycles. The first-order valence-electron chi connectivity index (χ1n) is 8.53. The van der Waals surface area contributed by atoms with Crippen molar-refractivity contribution in [3.63, 3.8) is 0 Å². The van der Waals surface area contributed by atoms with Crippen LogP contribution in [0.2, 0.25) is 0 Å². The molecule has 0 radical (unpaired) electrons. The van der Waals surface area contributed by atoms with Crippen LogP contribution in [0.5, 0.6) is 0 Å². The second-order valence-corrected chi connectivity index (χ2v) is 6.21. The van der Waals surface area contributed by atoms with Crippen molar-refractivity contribution >= 4 is 0 Å². The van der Waals surface area contributed by atoms with Crippen LogP contribution >= 0.6 is 0 Å². The minimum Gasteiger partial charge on any atom is -0.0617 e. The minimum atomic E-state index is 1.29. The molecule has 0 aliphatic heterocycles. The summed E-state index contributed by atoms with van der Waals surface area (Å²) >= 11 is 0. The van der Waals surface area contributed by atoms with Gasteiger partial charge in [-0.2, -0.15) is 0 Å². The van der Waals surface area contributed by atoms with Crippen molar-refractivity contribution in [1.82, 2.24) is 0 Å². The summed E-state index contributed by atoms with van der Waals surface area (Å²) < 4.78 is 0. The normalized spacial score (nSPS) is 20.0. The van der Waals surface area contributed by atoms with E-state index in [9.17, 15) is 0 Å². The molecule has 1 aromatic rings. The molecule has 0 fully saturated rings. The third-order valence-corrected chi connectivity index (χ3v) is 4.42. The Morgan fingerprint density at radius 3 is 1.26 bits per heavy atom. The maximum Gasteiger partial charge on any atom is -0.0279 e. The Bertz CT molecular complexity index is 310. The molecule has 0 N–H and O–H groups in total. The molecular formula is C19H30. The Hall–Kier alpha value is -0.780. The van der Waals surface area contributed by atoms with E-state index in [0.29, 0.717) is 0 Å². The predicted molar refractivity (Wildman–Crippen MR) is 84.6 cm³/mol. The summed E-state index contributed by atoms with van der Waals surface area (Å²) in [6.07, 6.45) is 18.4. The molecule has 0 amide bonds. The number of aryl methyl sites for hydroxylation is 2. The van der Waals surface area contributed by atoms with Crippen LogP contribution in [0.1, 0.15) is 81.8 Å². The standard InChI is InChI=1S/C19H30/c1-2-4-6-8-10-13-18-15-12-16-19(17-18)14-11-9-7-5-3-1/h12,15-17H,1-11,13-14H2. The average molecular weight is 258 g/mol. The maximum atomic E-state index is 2.45. The van der Waals surface area contributed by atoms with Crippen molar-refractivity contribution in [2.24, 2.45) is 0 Å². The SMILES string of the molecule is c1cc2cc(c1)CCCCCCCCCCCCC2. The average Bonchev–Trinajstić information content (AvgIpc) is 2.43. The van der Waals surface area contributed by atoms with Crippen molar-refractivity contribution in [3.05, 3.63) is 35.4 Å². The zero-order chi connectivity index (χ0) is 13.2. The summed E-state index contributed by atoms with van der Waals surface area (Å²) in [4.78, 5) is 0. The Balaban J connectivity index is 1.84. The van der Waals surface area contributed by atoms with E-state index in [1.165, 1.54) is 83.5 Å². The van der Waals surface area contributed by atoms with Gasteiger partial charge in [0, 0.05) is 0 Å². The molecule has 0 heteroatoms. The first kappa shape index (κ1) is 14.6. The molecule has 0 unspecified atom stereocenters. The number of hydrogen-bond acceptors (Lipinski definition) is 0. The fraction of sp³-hybridized carbons (Fsp3) is 0.684. The smallest absolute Gasteiger partial charge is 0.0279 e. The highest BCUT2D eigenvalue weighted by Gasteiger charge is 1.99. The van der Waals surface area contributed by atoms with E-state index in [4.69, 9.17) is 0 Å². The quantitative estimate of drug-likeness (QED) is 0.529. The zero-order valence-electron chi connectivity index (χ0n) is 12.5. The van der Waals surface area contributed by atoms with Crippen LogP contribution in [-0.2, 0) is 12.8 Å². The van der Waals surface area contributed by atoms with Gasteiger partial charge < -0.3 is 0 Å². The fourth-order valence-corrected chi connectivity index (χ4v) is 3.19. The van der Waals surface area contributed by atoms with Gasteiger partial charge in [-0.25, -0.2) is 0 Å². The molecule has 106 valence electrons. The van der Waals surface area contributed by atoms with E-state index in [2.05, 4.69) is 24.3 Å². The van der Waals surface area contributed by atoms with Gasteiger partial charge in [-0.1, -0.05) is 82.1 Å². The second-order valence-electron chi connectivity index (χ2n) is 6.21. The monoisotopic (exact) mass is 258 g/mol. The van der Waals surface area contributed by atoms with Gasteiger partial charge in [-0.15, -0.1) is 0 Å². The number of hydrogen-bond donors (Lipinski definition) is 0. The Morgan fingerprint density at radius 1 is 0.474 bits per heavy atom. The molecule has 19 heavy (non-hydrogen) atoms. The zero-order valence-corrected chi connectivity index (χ0v) is 12.5. The van der Waals surface area contributed by atoms with Gasteiger partial charge in [-0.3, -0.25) is 0 Å². The highest BCUT2D eigenvalue weighted by atomic mass is 14.1. The van der Waals surface area contributed by atoms with Gasteiger partial charge in [0.05, 0.1) is 0 Å². The first-order chi connectivity index (χ1) is 9.45. The molecule has 1 aliphatic rings. The van der Waals surface area contributed by atoms with Crippen molar-refractivity contribution in [2.75, 3.05) is 0 Å². The molecule has 0 heterocycles. The summed E-state index contributed by atoms with van der Waals surface area (Å²) in [5.74, 6) is 0. The Labute approximate surface area is 119 Å². The second kappa shape index (κ2) is 9.18. The van der Waals surface area contributed by atoms with Crippen molar-refractivity contribution in [1.29, 1.82) is 0 Å². The lowest BCUT2D eigenvalue weighted by atomic mass is 9.99. The molecule has 0 saturated carbocycles. The molecule has 0 spiro atoms. The van der Waals surface area contributed by atoms with E-state index < -0.39 is 0 Å². The number of benzene rings is 1. The molecule has 0 nitrogen and oxygen atoms in total. The van der Waals surface area contributed by atoms with Gasteiger partial charge in [0.2, 0.25) is 0 Å². The summed E-state index contributed by atoms with van der Waals surface area (Å²) in [5.41, 5.74) is 3.12. The van der Waals surface area contributed by atoms with Gasteiger partial charge in [0.1, 0.15) is 0 Å². The van der Waals surface area contributed by atoms with Gasteiger partial charge in [0.25, 0.3) is 0 Å². The van der Waals surface area contributed by atoms with Gasteiger partial charge in [-0.05, 0) is 36.8 Å². The van der Waals surface area contributed by atoms with Crippen LogP contribution in [0.3, 0.4) is 0 Å². The van der Waals surface area contributed by atoms with Crippen molar-refractivity contribution < 1.29 is 0 Å². The molecule has 2 rings (SSSR count). The largest absolute Gasteiger partial charge is 0.0617 e. The summed E-state index contributed by atoms with van der Waals surface area (Å²) in [5, 5.41) is 0. The topological polar surface area (TPSA) is 0 Å². The van der Waals surface area contributed by atoms with Crippen LogP contribution in [0.15, 0.2) is 24.3 Å². The lowest BCUT2D eigenvalue weighted by Gasteiger charge is -2.07. The van der Waals surface area contributed by atoms with Gasteiger partial charge >= 0.3 is 0 Å². The molecular weight excluding hydrogens is 228 g/mol. The summed E-state index contributed by atoms with van der Waals surface area (Å²) in [7, 11) is 0. The third kappa shape index (κ3) is 6.27. The van der Waals surface area contributed by atoms with E-state index in [1.807, 2.05) is 0 Å². The highest BCUT2D eigenvalue weighted by Crippen LogP contribution is 2.16. The molecule has 0 atom stereocenters. The summed E-state index contributed by atoms with van der Waals surface area (Å²) in [6, 6.07) is 9.33. The maximum absolute atomic E-state index is 2.45. The van der Waals surface area contributed by atoms with Crippen molar-refractivity contribution in [2.45, 2.75) is 83.5 Å². The Kier molecular flexibility index (Phi) is 7.06. The third-order valence-electron chi connectivity index (χ3n) is 4.42.